The molecule has 3 saturated heterocycles. The standard InChI is InChI=1S/C6H8OS/c1-2-4-6-5(7-6)3(1)8-4/h3-6H,1-2H2. The summed E-state index contributed by atoms with van der Waals surface area (Å²) in [6.45, 7) is 0. The molecule has 0 saturated carbocycles. The number of hydrogen-bond acceptors (Lipinski definition) is 2. The first-order valence-corrected chi connectivity index (χ1v) is 4.20. The van der Waals surface area contributed by atoms with Crippen LogP contribution in [0.5, 0.6) is 0 Å². The fourth-order valence-electron chi connectivity index (χ4n) is 1.91. The van der Waals surface area contributed by atoms with Crippen LogP contribution >= 0.6 is 11.8 Å². The van der Waals surface area contributed by atoms with Gasteiger partial charge in [0.05, 0.1) is 12.2 Å². The van der Waals surface area contributed by atoms with E-state index >= 15 is 0 Å². The van der Waals surface area contributed by atoms with Gasteiger partial charge in [-0.3, -0.25) is 0 Å². The molecule has 2 bridgehead atoms. The van der Waals surface area contributed by atoms with E-state index in [-0.39, 0.29) is 0 Å². The Hall–Kier alpha value is 0.310. The van der Waals surface area contributed by atoms with E-state index in [0.717, 1.165) is 10.5 Å². The van der Waals surface area contributed by atoms with E-state index in [0.29, 0.717) is 12.2 Å². The van der Waals surface area contributed by atoms with Crippen molar-refractivity contribution in [3.8, 4) is 0 Å². The molecule has 0 aromatic heterocycles. The lowest BCUT2D eigenvalue weighted by atomic mass is 10.0. The van der Waals surface area contributed by atoms with Crippen molar-refractivity contribution in [2.24, 2.45) is 0 Å². The zero-order valence-corrected chi connectivity index (χ0v) is 5.36. The van der Waals surface area contributed by atoms with Crippen LogP contribution in [0.1, 0.15) is 12.8 Å². The van der Waals surface area contributed by atoms with Gasteiger partial charge in [0, 0.05) is 10.5 Å². The molecule has 1 nitrogen and oxygen atoms in total. The maximum absolute atomic E-state index is 5.42. The van der Waals surface area contributed by atoms with Gasteiger partial charge in [-0.05, 0) is 12.8 Å². The topological polar surface area (TPSA) is 12.5 Å². The largest absolute Gasteiger partial charge is 0.367 e. The summed E-state index contributed by atoms with van der Waals surface area (Å²) >= 11 is 2.16. The van der Waals surface area contributed by atoms with Gasteiger partial charge in [-0.25, -0.2) is 0 Å². The smallest absolute Gasteiger partial charge is 0.0971 e. The van der Waals surface area contributed by atoms with Gasteiger partial charge in [0.1, 0.15) is 0 Å². The van der Waals surface area contributed by atoms with Crippen molar-refractivity contribution in [1.82, 2.24) is 0 Å². The first kappa shape index (κ1) is 4.18. The summed E-state index contributed by atoms with van der Waals surface area (Å²) in [7, 11) is 0. The first-order valence-electron chi connectivity index (χ1n) is 3.26. The SMILES string of the molecule is C1CC2SC1C1OC21. The molecule has 0 N–H and O–H groups in total. The minimum Gasteiger partial charge on any atom is -0.367 e. The monoisotopic (exact) mass is 128 g/mol. The van der Waals surface area contributed by atoms with Crippen molar-refractivity contribution < 1.29 is 4.74 Å². The summed E-state index contributed by atoms with van der Waals surface area (Å²) in [6.07, 6.45) is 4.27. The van der Waals surface area contributed by atoms with Crippen molar-refractivity contribution in [2.45, 2.75) is 35.5 Å². The zero-order valence-electron chi connectivity index (χ0n) is 4.54. The molecule has 0 amide bonds. The summed E-state index contributed by atoms with van der Waals surface area (Å²) in [5.41, 5.74) is 0. The predicted octanol–water partition coefficient (Wildman–Crippen LogP) is 1.03. The highest BCUT2D eigenvalue weighted by molar-refractivity contribution is 8.01. The Morgan fingerprint density at radius 1 is 1.12 bits per heavy atom. The summed E-state index contributed by atoms with van der Waals surface area (Å²) in [4.78, 5) is 0. The Balaban J connectivity index is 2.02. The number of epoxide rings is 1. The number of hydrogen-bond donors (Lipinski definition) is 0. The molecule has 8 heavy (non-hydrogen) atoms. The lowest BCUT2D eigenvalue weighted by Crippen LogP contribution is -2.11. The molecule has 0 aliphatic carbocycles. The Morgan fingerprint density at radius 3 is 2.12 bits per heavy atom. The van der Waals surface area contributed by atoms with Crippen LogP contribution in [0.4, 0.5) is 0 Å². The molecule has 0 aromatic carbocycles. The van der Waals surface area contributed by atoms with Crippen LogP contribution in [0.25, 0.3) is 0 Å². The molecule has 3 heterocycles. The molecule has 0 aromatic rings. The van der Waals surface area contributed by atoms with Crippen molar-refractivity contribution in [3.63, 3.8) is 0 Å². The maximum atomic E-state index is 5.42. The van der Waals surface area contributed by atoms with Crippen LogP contribution in [-0.4, -0.2) is 22.7 Å². The van der Waals surface area contributed by atoms with Gasteiger partial charge in [0.15, 0.2) is 0 Å². The minimum absolute atomic E-state index is 0.707. The van der Waals surface area contributed by atoms with Crippen LogP contribution < -0.4 is 0 Å². The quantitative estimate of drug-likeness (QED) is 0.452. The molecule has 2 heteroatoms. The fraction of sp³-hybridized carbons (Fsp3) is 1.00. The van der Waals surface area contributed by atoms with Gasteiger partial charge in [-0.15, -0.1) is 11.8 Å². The van der Waals surface area contributed by atoms with Crippen LogP contribution in [0.3, 0.4) is 0 Å². The molecule has 3 fully saturated rings. The van der Waals surface area contributed by atoms with Gasteiger partial charge in [0.25, 0.3) is 0 Å². The molecule has 3 aliphatic heterocycles. The van der Waals surface area contributed by atoms with Crippen LogP contribution in [0.15, 0.2) is 0 Å². The van der Waals surface area contributed by atoms with Crippen LogP contribution in [-0.2, 0) is 4.74 Å². The molecular formula is C6H8OS. The van der Waals surface area contributed by atoms with Gasteiger partial charge in [-0.1, -0.05) is 0 Å². The molecule has 0 spiro atoms. The highest BCUT2D eigenvalue weighted by atomic mass is 32.2. The molecule has 44 valence electrons. The highest BCUT2D eigenvalue weighted by Crippen LogP contribution is 2.56. The van der Waals surface area contributed by atoms with Gasteiger partial charge in [-0.2, -0.15) is 0 Å². The molecular weight excluding hydrogens is 120 g/mol. The maximum Gasteiger partial charge on any atom is 0.0971 e. The average molecular weight is 128 g/mol. The average Bonchev–Trinajstić information content (AvgIpc) is 2.39. The van der Waals surface area contributed by atoms with Gasteiger partial charge in [0.2, 0.25) is 0 Å². The van der Waals surface area contributed by atoms with E-state index < -0.39 is 0 Å². The van der Waals surface area contributed by atoms with E-state index in [1.54, 1.807) is 0 Å². The third kappa shape index (κ3) is 0.327. The second-order valence-electron chi connectivity index (χ2n) is 2.86. The fourth-order valence-corrected chi connectivity index (χ4v) is 3.65. The van der Waals surface area contributed by atoms with Gasteiger partial charge < -0.3 is 4.74 Å². The highest BCUT2D eigenvalue weighted by Gasteiger charge is 2.60. The summed E-state index contributed by atoms with van der Waals surface area (Å²) < 4.78 is 5.42. The summed E-state index contributed by atoms with van der Waals surface area (Å²) in [5.74, 6) is 0. The second kappa shape index (κ2) is 1.09. The normalized spacial score (nSPS) is 66.0. The molecule has 0 radical (unpaired) electrons. The first-order chi connectivity index (χ1) is 3.95. The molecule has 4 atom stereocenters. The zero-order chi connectivity index (χ0) is 5.14. The van der Waals surface area contributed by atoms with Crippen molar-refractivity contribution in [3.05, 3.63) is 0 Å². The Bertz CT molecular complexity index is 122. The third-order valence-corrected chi connectivity index (χ3v) is 4.09. The number of rotatable bonds is 0. The molecule has 4 unspecified atom stereocenters. The van der Waals surface area contributed by atoms with Crippen molar-refractivity contribution >= 4 is 11.8 Å². The van der Waals surface area contributed by atoms with E-state index in [4.69, 9.17) is 4.74 Å². The van der Waals surface area contributed by atoms with Crippen molar-refractivity contribution in [1.29, 1.82) is 0 Å². The third-order valence-electron chi connectivity index (χ3n) is 2.38. The Labute approximate surface area is 52.8 Å². The van der Waals surface area contributed by atoms with Crippen LogP contribution in [0.2, 0.25) is 0 Å². The van der Waals surface area contributed by atoms with E-state index in [9.17, 15) is 0 Å². The number of thioether (sulfide) groups is 1. The molecule has 3 aliphatic rings. The molecule has 3 rings (SSSR count). The summed E-state index contributed by atoms with van der Waals surface area (Å²) in [5, 5.41) is 1.81. The lowest BCUT2D eigenvalue weighted by molar-refractivity contribution is 0.370. The van der Waals surface area contributed by atoms with Crippen LogP contribution in [0, 0.1) is 0 Å². The summed E-state index contributed by atoms with van der Waals surface area (Å²) in [6, 6.07) is 0. The lowest BCUT2D eigenvalue weighted by Gasteiger charge is -1.97. The minimum atomic E-state index is 0.707. The van der Waals surface area contributed by atoms with Crippen molar-refractivity contribution in [2.75, 3.05) is 0 Å². The van der Waals surface area contributed by atoms with E-state index in [1.165, 1.54) is 12.8 Å². The van der Waals surface area contributed by atoms with Gasteiger partial charge >= 0.3 is 0 Å². The number of ether oxygens (including phenoxy) is 1. The Kier molecular flexibility index (Phi) is 0.571. The second-order valence-corrected chi connectivity index (χ2v) is 4.34. The van der Waals surface area contributed by atoms with E-state index in [2.05, 4.69) is 11.8 Å². The van der Waals surface area contributed by atoms with E-state index in [1.807, 2.05) is 0 Å². The number of fused-ring (bicyclic) bond motifs is 5. The predicted molar refractivity (Wildman–Crippen MR) is 33.1 cm³/mol. The Morgan fingerprint density at radius 2 is 1.75 bits per heavy atom.